The second-order valence-corrected chi connectivity index (χ2v) is 11.3. The van der Waals surface area contributed by atoms with Gasteiger partial charge in [0.25, 0.3) is 0 Å². The van der Waals surface area contributed by atoms with Crippen molar-refractivity contribution >= 4 is 23.2 Å². The first-order chi connectivity index (χ1) is 17.0. The SMILES string of the molecule is COc1ccc([C@H]2c3ccsc3CCN2CC(=O)N2CCN(C(=O)C3CCCCC3)[C@@H](C)C2)cc1. The maximum absolute atomic E-state index is 13.5. The van der Waals surface area contributed by atoms with Crippen molar-refractivity contribution in [1.29, 1.82) is 0 Å². The number of carbonyl (C=O) groups is 2. The Bertz CT molecular complexity index is 1030. The highest BCUT2D eigenvalue weighted by atomic mass is 32.1. The van der Waals surface area contributed by atoms with Gasteiger partial charge in [0.1, 0.15) is 5.75 Å². The predicted octanol–water partition coefficient (Wildman–Crippen LogP) is 4.34. The molecule has 2 fully saturated rings. The van der Waals surface area contributed by atoms with Crippen LogP contribution in [0.5, 0.6) is 5.75 Å². The third kappa shape index (κ3) is 5.12. The molecule has 3 heterocycles. The number of piperazine rings is 1. The second-order valence-electron chi connectivity index (χ2n) is 10.3. The van der Waals surface area contributed by atoms with E-state index in [1.165, 1.54) is 35.3 Å². The van der Waals surface area contributed by atoms with E-state index in [0.717, 1.165) is 31.6 Å². The van der Waals surface area contributed by atoms with Crippen LogP contribution in [0.4, 0.5) is 0 Å². The molecule has 1 aliphatic carbocycles. The van der Waals surface area contributed by atoms with Gasteiger partial charge in [-0.05, 0) is 60.9 Å². The number of fused-ring (bicyclic) bond motifs is 1. The van der Waals surface area contributed by atoms with E-state index in [4.69, 9.17) is 4.74 Å². The van der Waals surface area contributed by atoms with Crippen molar-refractivity contribution in [1.82, 2.24) is 14.7 Å². The van der Waals surface area contributed by atoms with Crippen LogP contribution in [0.1, 0.15) is 61.1 Å². The molecule has 2 atom stereocenters. The minimum Gasteiger partial charge on any atom is -0.497 e. The van der Waals surface area contributed by atoms with Crippen LogP contribution in [0.15, 0.2) is 35.7 Å². The summed E-state index contributed by atoms with van der Waals surface area (Å²) in [6.07, 6.45) is 6.62. The van der Waals surface area contributed by atoms with Crippen molar-refractivity contribution in [2.75, 3.05) is 39.8 Å². The molecule has 2 amide bonds. The van der Waals surface area contributed by atoms with Crippen LogP contribution in [0.3, 0.4) is 0 Å². The fraction of sp³-hybridized carbons (Fsp3) is 0.571. The number of ether oxygens (including phenoxy) is 1. The van der Waals surface area contributed by atoms with Gasteiger partial charge in [-0.25, -0.2) is 0 Å². The van der Waals surface area contributed by atoms with Crippen molar-refractivity contribution in [3.05, 3.63) is 51.7 Å². The molecule has 1 saturated heterocycles. The lowest BCUT2D eigenvalue weighted by Crippen LogP contribution is -2.58. The summed E-state index contributed by atoms with van der Waals surface area (Å²) in [4.78, 5) is 34.3. The molecule has 5 rings (SSSR count). The molecule has 1 saturated carbocycles. The van der Waals surface area contributed by atoms with Crippen LogP contribution in [-0.4, -0.2) is 72.4 Å². The lowest BCUT2D eigenvalue weighted by Gasteiger charge is -2.43. The van der Waals surface area contributed by atoms with Crippen LogP contribution in [0, 0.1) is 5.92 Å². The predicted molar refractivity (Wildman–Crippen MR) is 139 cm³/mol. The van der Waals surface area contributed by atoms with E-state index in [-0.39, 0.29) is 23.9 Å². The minimum atomic E-state index is 0.0735. The smallest absolute Gasteiger partial charge is 0.236 e. The van der Waals surface area contributed by atoms with Crippen molar-refractivity contribution < 1.29 is 14.3 Å². The van der Waals surface area contributed by atoms with Crippen LogP contribution in [-0.2, 0) is 16.0 Å². The Labute approximate surface area is 212 Å². The third-order valence-corrected chi connectivity index (χ3v) is 9.05. The summed E-state index contributed by atoms with van der Waals surface area (Å²) in [5.41, 5.74) is 2.50. The number of benzene rings is 1. The zero-order valence-corrected chi connectivity index (χ0v) is 21.8. The Morgan fingerprint density at radius 3 is 2.51 bits per heavy atom. The van der Waals surface area contributed by atoms with Gasteiger partial charge < -0.3 is 14.5 Å². The van der Waals surface area contributed by atoms with E-state index >= 15 is 0 Å². The van der Waals surface area contributed by atoms with E-state index in [0.29, 0.717) is 32.1 Å². The molecule has 0 N–H and O–H groups in total. The molecule has 1 aromatic carbocycles. The monoisotopic (exact) mass is 495 g/mol. The molecule has 7 heteroatoms. The van der Waals surface area contributed by atoms with Crippen molar-refractivity contribution in [3.8, 4) is 5.75 Å². The van der Waals surface area contributed by atoms with Gasteiger partial charge in [-0.15, -0.1) is 11.3 Å². The van der Waals surface area contributed by atoms with Gasteiger partial charge in [-0.2, -0.15) is 0 Å². The Kier molecular flexibility index (Phi) is 7.44. The minimum absolute atomic E-state index is 0.0735. The number of amides is 2. The van der Waals surface area contributed by atoms with Crippen molar-refractivity contribution in [3.63, 3.8) is 0 Å². The summed E-state index contributed by atoms with van der Waals surface area (Å²) in [6, 6.07) is 10.6. The van der Waals surface area contributed by atoms with E-state index < -0.39 is 0 Å². The molecule has 0 unspecified atom stereocenters. The van der Waals surface area contributed by atoms with Gasteiger partial charge in [0.05, 0.1) is 19.7 Å². The molecular formula is C28H37N3O3S. The average Bonchev–Trinajstić information content (AvgIpc) is 3.37. The molecule has 0 bridgehead atoms. The van der Waals surface area contributed by atoms with E-state index in [2.05, 4.69) is 35.4 Å². The van der Waals surface area contributed by atoms with Gasteiger partial charge in [0.2, 0.25) is 11.8 Å². The number of hydrogen-bond donors (Lipinski definition) is 0. The molecule has 2 aromatic rings. The van der Waals surface area contributed by atoms with Gasteiger partial charge in [-0.3, -0.25) is 14.5 Å². The van der Waals surface area contributed by atoms with Gasteiger partial charge in [0, 0.05) is 43.0 Å². The zero-order valence-electron chi connectivity index (χ0n) is 20.9. The number of carbonyl (C=O) groups excluding carboxylic acids is 2. The fourth-order valence-electron chi connectivity index (χ4n) is 6.08. The molecule has 3 aliphatic rings. The zero-order chi connectivity index (χ0) is 24.4. The molecule has 1 aromatic heterocycles. The van der Waals surface area contributed by atoms with Gasteiger partial charge >= 0.3 is 0 Å². The first-order valence-corrected chi connectivity index (χ1v) is 14.0. The van der Waals surface area contributed by atoms with Crippen molar-refractivity contribution in [2.24, 2.45) is 5.92 Å². The number of nitrogens with zero attached hydrogens (tertiary/aromatic N) is 3. The normalized spacial score (nSPS) is 23.7. The molecule has 2 aliphatic heterocycles. The summed E-state index contributed by atoms with van der Waals surface area (Å²) >= 11 is 1.81. The van der Waals surface area contributed by atoms with Crippen LogP contribution >= 0.6 is 11.3 Å². The number of rotatable bonds is 5. The topological polar surface area (TPSA) is 53.1 Å². The lowest BCUT2D eigenvalue weighted by atomic mass is 9.88. The Balaban J connectivity index is 1.26. The summed E-state index contributed by atoms with van der Waals surface area (Å²) < 4.78 is 5.36. The van der Waals surface area contributed by atoms with Gasteiger partial charge in [0.15, 0.2) is 0 Å². The molecule has 35 heavy (non-hydrogen) atoms. The van der Waals surface area contributed by atoms with E-state index in [1.807, 2.05) is 33.3 Å². The number of thiophene rings is 1. The first-order valence-electron chi connectivity index (χ1n) is 13.1. The molecular weight excluding hydrogens is 458 g/mol. The van der Waals surface area contributed by atoms with E-state index in [9.17, 15) is 9.59 Å². The van der Waals surface area contributed by atoms with Crippen LogP contribution < -0.4 is 4.74 Å². The maximum atomic E-state index is 13.5. The standard InChI is InChI=1S/C28H37N3O3S/c1-20-18-29(15-16-31(20)28(33)22-6-4-3-5-7-22)26(32)19-30-14-12-25-24(13-17-35-25)27(30)21-8-10-23(34-2)11-9-21/h8-11,13,17,20,22,27H,3-7,12,14-16,18-19H2,1-2H3/t20-,27-/m0/s1. The number of methoxy groups -OCH3 is 1. The van der Waals surface area contributed by atoms with Crippen LogP contribution in [0.25, 0.3) is 0 Å². The Morgan fingerprint density at radius 1 is 1.03 bits per heavy atom. The largest absolute Gasteiger partial charge is 0.497 e. The Morgan fingerprint density at radius 2 is 1.80 bits per heavy atom. The quantitative estimate of drug-likeness (QED) is 0.619. The summed E-state index contributed by atoms with van der Waals surface area (Å²) in [7, 11) is 1.68. The van der Waals surface area contributed by atoms with E-state index in [1.54, 1.807) is 7.11 Å². The molecule has 0 radical (unpaired) electrons. The highest BCUT2D eigenvalue weighted by Crippen LogP contribution is 2.38. The highest BCUT2D eigenvalue weighted by Gasteiger charge is 2.36. The average molecular weight is 496 g/mol. The summed E-state index contributed by atoms with van der Waals surface area (Å²) in [5, 5.41) is 2.16. The fourth-order valence-corrected chi connectivity index (χ4v) is 6.99. The van der Waals surface area contributed by atoms with Crippen molar-refractivity contribution in [2.45, 2.75) is 57.5 Å². The molecule has 0 spiro atoms. The second kappa shape index (κ2) is 10.7. The summed E-state index contributed by atoms with van der Waals surface area (Å²) in [5.74, 6) is 1.50. The Hall–Kier alpha value is -2.38. The lowest BCUT2D eigenvalue weighted by molar-refractivity contribution is -0.146. The number of hydrogen-bond acceptors (Lipinski definition) is 5. The summed E-state index contributed by atoms with van der Waals surface area (Å²) in [6.45, 7) is 5.27. The third-order valence-electron chi connectivity index (χ3n) is 8.05. The molecule has 188 valence electrons. The first kappa shape index (κ1) is 24.3. The van der Waals surface area contributed by atoms with Crippen LogP contribution in [0.2, 0.25) is 0 Å². The maximum Gasteiger partial charge on any atom is 0.236 e. The van der Waals surface area contributed by atoms with Gasteiger partial charge in [-0.1, -0.05) is 31.4 Å². The highest BCUT2D eigenvalue weighted by molar-refractivity contribution is 7.10. The molecule has 6 nitrogen and oxygen atoms in total.